The van der Waals surface area contributed by atoms with Gasteiger partial charge in [-0.25, -0.2) is 19.0 Å². The number of aryl methyl sites for hydroxylation is 1. The van der Waals surface area contributed by atoms with Crippen LogP contribution in [0, 0.1) is 0 Å². The Morgan fingerprint density at radius 2 is 1.80 bits per heavy atom. The van der Waals surface area contributed by atoms with E-state index in [0.717, 1.165) is 15.6 Å². The molecule has 0 aliphatic heterocycles. The minimum absolute atomic E-state index is 0.191. The molecule has 5 heterocycles. The number of carbonyl (C=O) groups excluding carboxylic acids is 3. The molecule has 202 valence electrons. The monoisotopic (exact) mass is 557 g/mol. The molecule has 0 aliphatic carbocycles. The number of rotatable bonds is 5. The first-order valence-corrected chi connectivity index (χ1v) is 13.1. The van der Waals surface area contributed by atoms with Gasteiger partial charge in [0.1, 0.15) is 16.6 Å². The lowest BCUT2D eigenvalue weighted by molar-refractivity contribution is -0.119. The molecule has 0 saturated heterocycles. The van der Waals surface area contributed by atoms with Crippen LogP contribution in [0.3, 0.4) is 0 Å². The van der Waals surface area contributed by atoms with E-state index in [4.69, 9.17) is 4.98 Å². The van der Waals surface area contributed by atoms with Crippen LogP contribution >= 0.6 is 11.3 Å². The van der Waals surface area contributed by atoms with Gasteiger partial charge >= 0.3 is 0 Å². The van der Waals surface area contributed by atoms with Gasteiger partial charge < -0.3 is 9.88 Å². The Morgan fingerprint density at radius 3 is 2.50 bits per heavy atom. The summed E-state index contributed by atoms with van der Waals surface area (Å²) in [6, 6.07) is 6.49. The van der Waals surface area contributed by atoms with E-state index in [1.165, 1.54) is 52.4 Å². The van der Waals surface area contributed by atoms with Gasteiger partial charge in [0.2, 0.25) is 17.7 Å². The fourth-order valence-corrected chi connectivity index (χ4v) is 6.01. The third-order valence-electron chi connectivity index (χ3n) is 6.69. The third-order valence-corrected chi connectivity index (χ3v) is 7.83. The topological polar surface area (TPSA) is 152 Å². The number of nitrogens with one attached hydrogen (secondary N) is 1. The summed E-state index contributed by atoms with van der Waals surface area (Å²) in [5.74, 6) is -0.734. The van der Waals surface area contributed by atoms with Gasteiger partial charge in [-0.15, -0.1) is 11.3 Å². The quantitative estimate of drug-likeness (QED) is 0.339. The molecule has 1 unspecified atom stereocenters. The smallest absolute Gasteiger partial charge is 0.291 e. The number of nitrogens with zero attached hydrogens (tertiary/aromatic N) is 8. The highest BCUT2D eigenvalue weighted by atomic mass is 32.1. The van der Waals surface area contributed by atoms with Crippen LogP contribution in [0.1, 0.15) is 52.7 Å². The molecule has 1 aromatic carbocycles. The van der Waals surface area contributed by atoms with E-state index in [0.29, 0.717) is 32.8 Å². The van der Waals surface area contributed by atoms with E-state index in [-0.39, 0.29) is 29.8 Å². The second kappa shape index (κ2) is 9.34. The standard InChI is InChI=1S/C26H23N9O4S/c1-13(36)29-21(19-8-9-33(31-19)14(2)37)25-30-24-23(40-25)18-11-27-34(26(39)22(18)32(24)4)12-16-6-5-7-20-17(16)10-28-35(20)15(3)38/h5-11,21H,12H2,1-4H3,(H,29,36). The number of hydrogen-bond acceptors (Lipinski definition) is 9. The van der Waals surface area contributed by atoms with Gasteiger partial charge in [0.05, 0.1) is 34.8 Å². The molecular formula is C26H23N9O4S. The van der Waals surface area contributed by atoms with Crippen LogP contribution in [0.25, 0.3) is 32.2 Å². The largest absolute Gasteiger partial charge is 0.341 e. The van der Waals surface area contributed by atoms with Crippen LogP contribution in [0.5, 0.6) is 0 Å². The van der Waals surface area contributed by atoms with Crippen molar-refractivity contribution >= 4 is 61.2 Å². The van der Waals surface area contributed by atoms with Crippen molar-refractivity contribution in [1.82, 2.24) is 44.2 Å². The predicted molar refractivity (Wildman–Crippen MR) is 147 cm³/mol. The van der Waals surface area contributed by atoms with Gasteiger partial charge in [0.15, 0.2) is 5.65 Å². The van der Waals surface area contributed by atoms with Gasteiger partial charge in [-0.2, -0.15) is 15.3 Å². The summed E-state index contributed by atoms with van der Waals surface area (Å²) in [6.07, 6.45) is 4.79. The number of thiazole rings is 1. The van der Waals surface area contributed by atoms with Crippen molar-refractivity contribution in [2.45, 2.75) is 33.4 Å². The zero-order chi connectivity index (χ0) is 28.3. The van der Waals surface area contributed by atoms with Crippen molar-refractivity contribution in [3.8, 4) is 0 Å². The highest BCUT2D eigenvalue weighted by molar-refractivity contribution is 7.19. The predicted octanol–water partition coefficient (Wildman–Crippen LogP) is 2.48. The number of aromatic nitrogens is 8. The van der Waals surface area contributed by atoms with Crippen LogP contribution in [-0.4, -0.2) is 56.6 Å². The minimum Gasteiger partial charge on any atom is -0.341 e. The SMILES string of the molecule is CC(=O)NC(c1ccn(C(C)=O)n1)c1nc2c(s1)c1cnn(Cc3cccc4c3cnn4C(C)=O)c(=O)c1n2C. The molecule has 14 heteroatoms. The molecule has 0 spiro atoms. The van der Waals surface area contributed by atoms with E-state index in [1.807, 2.05) is 12.1 Å². The lowest BCUT2D eigenvalue weighted by atomic mass is 10.1. The average molecular weight is 558 g/mol. The summed E-state index contributed by atoms with van der Waals surface area (Å²) in [4.78, 5) is 54.0. The number of carbonyl (C=O) groups is 3. The maximum absolute atomic E-state index is 13.6. The van der Waals surface area contributed by atoms with Crippen LogP contribution in [-0.2, 0) is 18.4 Å². The Labute approximate surface area is 229 Å². The van der Waals surface area contributed by atoms with Gasteiger partial charge in [-0.1, -0.05) is 12.1 Å². The molecule has 13 nitrogen and oxygen atoms in total. The van der Waals surface area contributed by atoms with Crippen molar-refractivity contribution in [3.05, 3.63) is 69.5 Å². The van der Waals surface area contributed by atoms with Crippen LogP contribution in [0.15, 0.2) is 47.7 Å². The molecule has 6 aromatic rings. The summed E-state index contributed by atoms with van der Waals surface area (Å²) in [7, 11) is 1.76. The van der Waals surface area contributed by atoms with Crippen molar-refractivity contribution in [1.29, 1.82) is 0 Å². The highest BCUT2D eigenvalue weighted by Crippen LogP contribution is 2.35. The molecule has 6 rings (SSSR count). The lowest BCUT2D eigenvalue weighted by Crippen LogP contribution is -2.27. The first-order chi connectivity index (χ1) is 19.1. The Balaban J connectivity index is 1.42. The zero-order valence-corrected chi connectivity index (χ0v) is 22.8. The highest BCUT2D eigenvalue weighted by Gasteiger charge is 2.26. The normalized spacial score (nSPS) is 12.4. The molecule has 1 atom stereocenters. The number of benzene rings is 1. The summed E-state index contributed by atoms with van der Waals surface area (Å²) in [6.45, 7) is 4.43. The first-order valence-electron chi connectivity index (χ1n) is 12.3. The molecular weight excluding hydrogens is 534 g/mol. The Kier molecular flexibility index (Phi) is 5.91. The van der Waals surface area contributed by atoms with Crippen LogP contribution in [0.4, 0.5) is 0 Å². The molecule has 5 aromatic heterocycles. The lowest BCUT2D eigenvalue weighted by Gasteiger charge is -2.13. The first kappa shape index (κ1) is 25.3. The molecule has 40 heavy (non-hydrogen) atoms. The van der Waals surface area contributed by atoms with E-state index < -0.39 is 6.04 Å². The Hall–Kier alpha value is -4.98. The molecule has 1 N–H and O–H groups in total. The van der Waals surface area contributed by atoms with Crippen LogP contribution in [0.2, 0.25) is 0 Å². The Bertz CT molecular complexity index is 2060. The maximum atomic E-state index is 13.6. The van der Waals surface area contributed by atoms with E-state index >= 15 is 0 Å². The minimum atomic E-state index is -0.671. The second-order valence-electron chi connectivity index (χ2n) is 9.40. The number of amides is 1. The van der Waals surface area contributed by atoms with Crippen molar-refractivity contribution < 1.29 is 14.4 Å². The van der Waals surface area contributed by atoms with Crippen molar-refractivity contribution in [2.75, 3.05) is 0 Å². The molecule has 0 bridgehead atoms. The van der Waals surface area contributed by atoms with Gasteiger partial charge in [0, 0.05) is 44.8 Å². The third kappa shape index (κ3) is 4.00. The number of fused-ring (bicyclic) bond motifs is 4. The maximum Gasteiger partial charge on any atom is 0.291 e. The fourth-order valence-electron chi connectivity index (χ4n) is 4.84. The molecule has 0 saturated carbocycles. The zero-order valence-electron chi connectivity index (χ0n) is 21.9. The molecule has 0 radical (unpaired) electrons. The van der Waals surface area contributed by atoms with Crippen molar-refractivity contribution in [3.63, 3.8) is 0 Å². The average Bonchev–Trinajstić information content (AvgIpc) is 3.69. The van der Waals surface area contributed by atoms with E-state index in [2.05, 4.69) is 20.6 Å². The summed E-state index contributed by atoms with van der Waals surface area (Å²) in [5, 5.41) is 17.7. The fraction of sp³-hybridized carbons (Fsp3) is 0.231. The summed E-state index contributed by atoms with van der Waals surface area (Å²) >= 11 is 1.32. The number of hydrogen-bond donors (Lipinski definition) is 1. The van der Waals surface area contributed by atoms with Crippen LogP contribution < -0.4 is 10.9 Å². The van der Waals surface area contributed by atoms with Gasteiger partial charge in [-0.05, 0) is 17.7 Å². The second-order valence-corrected chi connectivity index (χ2v) is 10.4. The van der Waals surface area contributed by atoms with E-state index in [1.54, 1.807) is 36.1 Å². The van der Waals surface area contributed by atoms with E-state index in [9.17, 15) is 19.2 Å². The Morgan fingerprint density at radius 1 is 1.02 bits per heavy atom. The van der Waals surface area contributed by atoms with Gasteiger partial charge in [0.25, 0.3) is 5.56 Å². The van der Waals surface area contributed by atoms with Gasteiger partial charge in [-0.3, -0.25) is 19.2 Å². The molecule has 1 amide bonds. The summed E-state index contributed by atoms with van der Waals surface area (Å²) in [5.41, 5.74) is 2.66. The van der Waals surface area contributed by atoms with Crippen molar-refractivity contribution in [2.24, 2.45) is 7.05 Å². The molecule has 0 aliphatic rings. The molecule has 0 fully saturated rings. The summed E-state index contributed by atoms with van der Waals surface area (Å²) < 4.78 is 6.37.